The maximum Gasteiger partial charge on any atom is 0.170 e. The van der Waals surface area contributed by atoms with Crippen LogP contribution in [0, 0.1) is 0 Å². The predicted molar refractivity (Wildman–Crippen MR) is 187 cm³/mol. The molecule has 2 aliphatic heterocycles. The Bertz CT molecular complexity index is 2300. The average molecular weight is 624 g/mol. The summed E-state index contributed by atoms with van der Waals surface area (Å²) in [6, 6.07) is 46.3. The van der Waals surface area contributed by atoms with Gasteiger partial charge < -0.3 is 14.2 Å². The van der Waals surface area contributed by atoms with E-state index in [1.165, 1.54) is 5.56 Å². The van der Waals surface area contributed by atoms with Gasteiger partial charge >= 0.3 is 0 Å². The molecule has 0 unspecified atom stereocenters. The first-order chi connectivity index (χ1) is 23.5. The molecule has 0 fully saturated rings. The molecule has 230 valence electrons. The molecule has 1 aromatic heterocycles. The summed E-state index contributed by atoms with van der Waals surface area (Å²) < 4.78 is 19.2. The molecule has 6 nitrogen and oxygen atoms in total. The van der Waals surface area contributed by atoms with Gasteiger partial charge in [-0.1, -0.05) is 111 Å². The Balaban J connectivity index is 1.06. The van der Waals surface area contributed by atoms with Crippen molar-refractivity contribution in [2.24, 2.45) is 0 Å². The highest BCUT2D eigenvalue weighted by molar-refractivity contribution is 5.74. The molecular weight excluding hydrogens is 594 g/mol. The minimum atomic E-state index is -0.167. The van der Waals surface area contributed by atoms with Gasteiger partial charge in [-0.2, -0.15) is 0 Å². The molecule has 0 saturated carbocycles. The van der Waals surface area contributed by atoms with E-state index in [9.17, 15) is 0 Å². The Morgan fingerprint density at radius 2 is 0.792 bits per heavy atom. The molecule has 7 aromatic rings. The first-order valence-electron chi connectivity index (χ1n) is 15.9. The van der Waals surface area contributed by atoms with Crippen LogP contribution in [-0.4, -0.2) is 15.0 Å². The summed E-state index contributed by atoms with van der Waals surface area (Å²) in [6.07, 6.45) is 0. The van der Waals surface area contributed by atoms with Gasteiger partial charge in [-0.3, -0.25) is 0 Å². The maximum absolute atomic E-state index is 6.50. The van der Waals surface area contributed by atoms with E-state index in [2.05, 4.69) is 44.2 Å². The molecule has 0 radical (unpaired) electrons. The Morgan fingerprint density at radius 3 is 1.44 bits per heavy atom. The van der Waals surface area contributed by atoms with Crippen LogP contribution >= 0.6 is 0 Å². The monoisotopic (exact) mass is 623 g/mol. The first-order valence-corrected chi connectivity index (χ1v) is 15.9. The van der Waals surface area contributed by atoms with Crippen LogP contribution in [0.5, 0.6) is 34.5 Å². The fourth-order valence-electron chi connectivity index (χ4n) is 6.48. The van der Waals surface area contributed by atoms with Crippen molar-refractivity contribution in [3.63, 3.8) is 0 Å². The zero-order chi connectivity index (χ0) is 32.2. The van der Waals surface area contributed by atoms with E-state index in [1.54, 1.807) is 0 Å². The Morgan fingerprint density at radius 1 is 0.354 bits per heavy atom. The number of fused-ring (bicyclic) bond motifs is 4. The molecule has 0 aliphatic carbocycles. The van der Waals surface area contributed by atoms with Crippen LogP contribution in [0.25, 0.3) is 45.3 Å². The highest BCUT2D eigenvalue weighted by Crippen LogP contribution is 2.50. The summed E-state index contributed by atoms with van der Waals surface area (Å²) in [6.45, 7) is 4.48. The number of ether oxygens (including phenoxy) is 3. The fraction of sp³-hybridized carbons (Fsp3) is 0.0714. The zero-order valence-electron chi connectivity index (χ0n) is 26.3. The molecule has 48 heavy (non-hydrogen) atoms. The second kappa shape index (κ2) is 10.9. The molecule has 2 aliphatic rings. The van der Waals surface area contributed by atoms with Gasteiger partial charge in [-0.25, -0.2) is 15.0 Å². The lowest BCUT2D eigenvalue weighted by atomic mass is 9.75. The fourth-order valence-corrected chi connectivity index (χ4v) is 6.48. The predicted octanol–water partition coefficient (Wildman–Crippen LogP) is 10.9. The van der Waals surface area contributed by atoms with Crippen LogP contribution in [0.3, 0.4) is 0 Å². The summed E-state index contributed by atoms with van der Waals surface area (Å²) in [7, 11) is 0. The number of nitrogens with zero attached hydrogens (tertiary/aromatic N) is 3. The number of aromatic nitrogens is 3. The normalized spacial score (nSPS) is 13.5. The zero-order valence-corrected chi connectivity index (χ0v) is 26.3. The van der Waals surface area contributed by atoms with Crippen molar-refractivity contribution in [1.29, 1.82) is 0 Å². The van der Waals surface area contributed by atoms with Gasteiger partial charge in [-0.05, 0) is 53.6 Å². The SMILES string of the molecule is CC1(C)c2ccccc2Oc2cc(-c3ccc4c(c3)Oc3cc(-c5nc(-c6ccccc6)nc(-c6ccccc6)n5)ccc3O4)ccc21. The molecule has 6 heteroatoms. The third kappa shape index (κ3) is 4.77. The van der Waals surface area contributed by atoms with Crippen LogP contribution < -0.4 is 14.2 Å². The minimum Gasteiger partial charge on any atom is -0.457 e. The van der Waals surface area contributed by atoms with E-state index in [0.29, 0.717) is 40.5 Å². The second-order valence-electron chi connectivity index (χ2n) is 12.5. The van der Waals surface area contributed by atoms with Gasteiger partial charge in [0.05, 0.1) is 0 Å². The molecule has 0 N–H and O–H groups in total. The van der Waals surface area contributed by atoms with Crippen LogP contribution in [0.2, 0.25) is 0 Å². The molecule has 0 amide bonds. The number of hydrogen-bond acceptors (Lipinski definition) is 6. The van der Waals surface area contributed by atoms with Gasteiger partial charge in [-0.15, -0.1) is 0 Å². The van der Waals surface area contributed by atoms with Gasteiger partial charge in [0, 0.05) is 33.2 Å². The van der Waals surface area contributed by atoms with Crippen molar-refractivity contribution in [3.05, 3.63) is 151 Å². The van der Waals surface area contributed by atoms with Crippen molar-refractivity contribution in [3.8, 4) is 79.8 Å². The lowest BCUT2D eigenvalue weighted by Crippen LogP contribution is -2.24. The third-order valence-corrected chi connectivity index (χ3v) is 9.05. The number of benzene rings is 6. The molecule has 0 saturated heterocycles. The Labute approximate surface area is 278 Å². The lowest BCUT2D eigenvalue weighted by Gasteiger charge is -2.34. The topological polar surface area (TPSA) is 66.4 Å². The number of rotatable bonds is 4. The minimum absolute atomic E-state index is 0.167. The molecule has 6 aromatic carbocycles. The van der Waals surface area contributed by atoms with Crippen molar-refractivity contribution < 1.29 is 14.2 Å². The Hall–Kier alpha value is -6.27. The van der Waals surface area contributed by atoms with E-state index < -0.39 is 0 Å². The van der Waals surface area contributed by atoms with E-state index in [-0.39, 0.29) is 5.41 Å². The average Bonchev–Trinajstić information content (AvgIpc) is 3.14. The summed E-state index contributed by atoms with van der Waals surface area (Å²) in [4.78, 5) is 14.6. The molecular formula is C42H29N3O3. The first kappa shape index (κ1) is 28.0. The highest BCUT2D eigenvalue weighted by atomic mass is 16.6. The summed E-state index contributed by atoms with van der Waals surface area (Å²) in [5.41, 5.74) is 6.83. The molecule has 9 rings (SSSR count). The maximum atomic E-state index is 6.50. The Kier molecular flexibility index (Phi) is 6.37. The van der Waals surface area contributed by atoms with Crippen LogP contribution in [0.4, 0.5) is 0 Å². The van der Waals surface area contributed by atoms with Crippen molar-refractivity contribution in [1.82, 2.24) is 15.0 Å². The van der Waals surface area contributed by atoms with E-state index in [0.717, 1.165) is 44.9 Å². The van der Waals surface area contributed by atoms with Gasteiger partial charge in [0.15, 0.2) is 40.5 Å². The smallest absolute Gasteiger partial charge is 0.170 e. The summed E-state index contributed by atoms with van der Waals surface area (Å²) >= 11 is 0. The quantitative estimate of drug-likeness (QED) is 0.194. The largest absolute Gasteiger partial charge is 0.457 e. The van der Waals surface area contributed by atoms with Crippen molar-refractivity contribution in [2.45, 2.75) is 19.3 Å². The van der Waals surface area contributed by atoms with Crippen molar-refractivity contribution >= 4 is 0 Å². The number of para-hydroxylation sites is 1. The van der Waals surface area contributed by atoms with E-state index in [4.69, 9.17) is 29.2 Å². The summed E-state index contributed by atoms with van der Waals surface area (Å²) in [5.74, 6) is 6.01. The molecule has 0 spiro atoms. The standard InChI is InChI=1S/C42H29N3O3/c1-42(2)31-15-9-10-16-33(31)46-36-23-28(17-20-32(36)42)29-18-21-34-37(24-29)48-38-25-30(19-22-35(38)47-34)41-44-39(26-11-5-3-6-12-26)43-40(45-41)27-13-7-4-8-14-27/h3-25H,1-2H3. The van der Waals surface area contributed by atoms with E-state index >= 15 is 0 Å². The third-order valence-electron chi connectivity index (χ3n) is 9.05. The molecule has 0 atom stereocenters. The summed E-state index contributed by atoms with van der Waals surface area (Å²) in [5, 5.41) is 0. The van der Waals surface area contributed by atoms with Crippen LogP contribution in [0.15, 0.2) is 140 Å². The molecule has 0 bridgehead atoms. The van der Waals surface area contributed by atoms with Gasteiger partial charge in [0.1, 0.15) is 11.5 Å². The van der Waals surface area contributed by atoms with Gasteiger partial charge in [0.2, 0.25) is 0 Å². The molecule has 3 heterocycles. The van der Waals surface area contributed by atoms with E-state index in [1.807, 2.05) is 109 Å². The highest BCUT2D eigenvalue weighted by Gasteiger charge is 2.34. The van der Waals surface area contributed by atoms with Crippen LogP contribution in [0.1, 0.15) is 25.0 Å². The lowest BCUT2D eigenvalue weighted by molar-refractivity contribution is 0.360. The van der Waals surface area contributed by atoms with Crippen LogP contribution in [-0.2, 0) is 5.41 Å². The van der Waals surface area contributed by atoms with Crippen molar-refractivity contribution in [2.75, 3.05) is 0 Å². The second-order valence-corrected chi connectivity index (χ2v) is 12.5. The van der Waals surface area contributed by atoms with Gasteiger partial charge in [0.25, 0.3) is 0 Å². The number of hydrogen-bond donors (Lipinski definition) is 0.